The summed E-state index contributed by atoms with van der Waals surface area (Å²) in [5.41, 5.74) is 5.19. The van der Waals surface area contributed by atoms with E-state index in [2.05, 4.69) is 28.5 Å². The van der Waals surface area contributed by atoms with Gasteiger partial charge in [0.15, 0.2) is 0 Å². The number of carbonyl (C=O) groups is 1. The Kier molecular flexibility index (Phi) is 3.87. The topological polar surface area (TPSA) is 110 Å². The maximum absolute atomic E-state index is 12.5. The Morgan fingerprint density at radius 2 is 2.38 bits per heavy atom. The van der Waals surface area contributed by atoms with E-state index in [-0.39, 0.29) is 11.8 Å². The average molecular weight is 339 g/mol. The number of nitriles is 1. The Bertz CT molecular complexity index is 868. The number of benzene rings is 1. The van der Waals surface area contributed by atoms with Crippen molar-refractivity contribution < 1.29 is 9.53 Å². The lowest BCUT2D eigenvalue weighted by molar-refractivity contribution is -0.118. The minimum absolute atomic E-state index is 0.0443. The van der Waals surface area contributed by atoms with E-state index in [4.69, 9.17) is 15.4 Å². The monoisotopic (exact) mass is 339 g/mol. The largest absolute Gasteiger partial charge is 0.481 e. The van der Waals surface area contributed by atoms with Crippen LogP contribution in [0.4, 0.5) is 5.69 Å². The Morgan fingerprint density at radius 1 is 1.58 bits per heavy atom. The third kappa shape index (κ3) is 2.35. The predicted octanol–water partition coefficient (Wildman–Crippen LogP) is 2.05. The fourth-order valence-electron chi connectivity index (χ4n) is 2.41. The van der Waals surface area contributed by atoms with Crippen molar-refractivity contribution >= 4 is 34.3 Å². The van der Waals surface area contributed by atoms with Crippen molar-refractivity contribution in [2.75, 3.05) is 12.4 Å². The zero-order valence-electron chi connectivity index (χ0n) is 12.7. The van der Waals surface area contributed by atoms with E-state index in [1.807, 2.05) is 0 Å². The van der Waals surface area contributed by atoms with Gasteiger partial charge in [0.1, 0.15) is 5.04 Å². The molecule has 0 saturated heterocycles. The van der Waals surface area contributed by atoms with Crippen LogP contribution in [0.25, 0.3) is 0 Å². The second kappa shape index (κ2) is 5.86. The predicted molar refractivity (Wildman–Crippen MR) is 92.6 cm³/mol. The van der Waals surface area contributed by atoms with Crippen molar-refractivity contribution in [3.8, 4) is 6.07 Å². The summed E-state index contributed by atoms with van der Waals surface area (Å²) in [4.78, 5) is 11.4. The van der Waals surface area contributed by atoms with Gasteiger partial charge in [0.05, 0.1) is 18.7 Å². The van der Waals surface area contributed by atoms with Crippen LogP contribution in [0.15, 0.2) is 47.6 Å². The number of allylic oxidation sites excluding steroid dienone is 1. The number of thioether (sulfide) groups is 1. The molecule has 0 saturated carbocycles. The van der Waals surface area contributed by atoms with E-state index in [1.54, 1.807) is 24.3 Å². The Hall–Kier alpha value is -3.05. The Balaban J connectivity index is 1.98. The van der Waals surface area contributed by atoms with E-state index in [0.29, 0.717) is 27.4 Å². The molecule has 120 valence electrons. The molecule has 1 amide bonds. The van der Waals surface area contributed by atoms with Crippen LogP contribution in [-0.4, -0.2) is 24.0 Å². The lowest BCUT2D eigenvalue weighted by Gasteiger charge is -2.20. The molecule has 1 spiro atoms. The van der Waals surface area contributed by atoms with E-state index < -0.39 is 4.87 Å². The standard InChI is InChI=1S/C16H13N5O2S/c1-3-10(7-13(18)23-2)14-20-21-16(24-14)11-6-9(8-17)4-5-12(11)19-15(16)22/h3-7,18,21H,1H2,2H3,(H,19,22)/b10-7+,18-13?. The summed E-state index contributed by atoms with van der Waals surface area (Å²) in [6, 6.07) is 7.09. The van der Waals surface area contributed by atoms with Crippen molar-refractivity contribution in [2.45, 2.75) is 4.87 Å². The summed E-state index contributed by atoms with van der Waals surface area (Å²) in [6.07, 6.45) is 3.01. The van der Waals surface area contributed by atoms with Gasteiger partial charge in [0.25, 0.3) is 5.91 Å². The van der Waals surface area contributed by atoms with Crippen molar-refractivity contribution in [2.24, 2.45) is 5.10 Å². The van der Waals surface area contributed by atoms with Gasteiger partial charge in [0, 0.05) is 22.9 Å². The molecule has 3 N–H and O–H groups in total. The van der Waals surface area contributed by atoms with E-state index in [9.17, 15) is 4.79 Å². The van der Waals surface area contributed by atoms with Crippen molar-refractivity contribution in [3.05, 3.63) is 53.6 Å². The Labute approximate surface area is 142 Å². The van der Waals surface area contributed by atoms with E-state index in [1.165, 1.54) is 24.9 Å². The van der Waals surface area contributed by atoms with E-state index >= 15 is 0 Å². The normalized spacial score (nSPS) is 21.4. The summed E-state index contributed by atoms with van der Waals surface area (Å²) in [6.45, 7) is 3.71. The molecule has 1 aromatic carbocycles. The molecule has 0 aromatic heterocycles. The third-order valence-electron chi connectivity index (χ3n) is 3.63. The second-order valence-electron chi connectivity index (χ2n) is 5.01. The maximum Gasteiger partial charge on any atom is 0.267 e. The van der Waals surface area contributed by atoms with Gasteiger partial charge in [-0.2, -0.15) is 10.4 Å². The molecule has 7 nitrogen and oxygen atoms in total. The molecule has 1 aromatic rings. The Morgan fingerprint density at radius 3 is 3.04 bits per heavy atom. The number of fused-ring (bicyclic) bond motifs is 2. The summed E-state index contributed by atoms with van der Waals surface area (Å²) >= 11 is 1.20. The highest BCUT2D eigenvalue weighted by Crippen LogP contribution is 2.48. The summed E-state index contributed by atoms with van der Waals surface area (Å²) in [7, 11) is 1.40. The summed E-state index contributed by atoms with van der Waals surface area (Å²) in [5.74, 6) is -0.307. The minimum atomic E-state index is -1.13. The lowest BCUT2D eigenvalue weighted by atomic mass is 10.1. The van der Waals surface area contributed by atoms with Crippen LogP contribution in [0.3, 0.4) is 0 Å². The number of anilines is 1. The molecular formula is C16H13N5O2S. The first-order valence-corrected chi connectivity index (χ1v) is 7.72. The molecule has 24 heavy (non-hydrogen) atoms. The fourth-order valence-corrected chi connectivity index (χ4v) is 3.57. The average Bonchev–Trinajstić information content (AvgIpc) is 3.16. The number of methoxy groups -OCH3 is 1. The SMILES string of the molecule is C=C/C(=C\C(=N)OC)C1=NNC2(S1)C(=O)Nc1ccc(C#N)cc12. The number of hydrogen-bond donors (Lipinski definition) is 3. The first kappa shape index (κ1) is 15.8. The van der Waals surface area contributed by atoms with Crippen LogP contribution >= 0.6 is 11.8 Å². The van der Waals surface area contributed by atoms with Crippen molar-refractivity contribution in [3.63, 3.8) is 0 Å². The highest BCUT2D eigenvalue weighted by atomic mass is 32.2. The molecule has 8 heteroatoms. The molecule has 0 bridgehead atoms. The molecule has 0 radical (unpaired) electrons. The van der Waals surface area contributed by atoms with Crippen LogP contribution in [-0.2, 0) is 14.4 Å². The van der Waals surface area contributed by atoms with Gasteiger partial charge in [-0.15, -0.1) is 0 Å². The zero-order chi connectivity index (χ0) is 17.3. The van der Waals surface area contributed by atoms with Crippen LogP contribution in [0.2, 0.25) is 0 Å². The lowest BCUT2D eigenvalue weighted by Crippen LogP contribution is -2.39. The molecule has 1 unspecified atom stereocenters. The number of hydrogen-bond acceptors (Lipinski definition) is 7. The molecular weight excluding hydrogens is 326 g/mol. The van der Waals surface area contributed by atoms with Crippen LogP contribution in [0, 0.1) is 16.7 Å². The quantitative estimate of drug-likeness (QED) is 0.443. The highest BCUT2D eigenvalue weighted by Gasteiger charge is 2.52. The molecule has 2 aliphatic heterocycles. The number of rotatable bonds is 3. The van der Waals surface area contributed by atoms with Gasteiger partial charge in [0.2, 0.25) is 10.8 Å². The molecule has 2 heterocycles. The van der Waals surface area contributed by atoms with Gasteiger partial charge < -0.3 is 10.1 Å². The minimum Gasteiger partial charge on any atom is -0.481 e. The van der Waals surface area contributed by atoms with Gasteiger partial charge in [-0.25, -0.2) is 0 Å². The van der Waals surface area contributed by atoms with Crippen LogP contribution < -0.4 is 10.7 Å². The smallest absolute Gasteiger partial charge is 0.267 e. The fraction of sp³-hybridized carbons (Fsp3) is 0.125. The number of amides is 1. The second-order valence-corrected chi connectivity index (χ2v) is 6.21. The number of nitrogens with zero attached hydrogens (tertiary/aromatic N) is 2. The van der Waals surface area contributed by atoms with Crippen LogP contribution in [0.5, 0.6) is 0 Å². The van der Waals surface area contributed by atoms with E-state index in [0.717, 1.165) is 0 Å². The molecule has 3 rings (SSSR count). The van der Waals surface area contributed by atoms with Gasteiger partial charge >= 0.3 is 0 Å². The molecule has 1 atom stereocenters. The zero-order valence-corrected chi connectivity index (χ0v) is 13.5. The highest BCUT2D eigenvalue weighted by molar-refractivity contribution is 8.16. The third-order valence-corrected chi connectivity index (χ3v) is 4.96. The van der Waals surface area contributed by atoms with Crippen molar-refractivity contribution in [1.82, 2.24) is 5.43 Å². The number of hydrazone groups is 1. The molecule has 0 aliphatic carbocycles. The number of ether oxygens (including phenoxy) is 1. The van der Waals surface area contributed by atoms with Gasteiger partial charge in [-0.1, -0.05) is 24.4 Å². The number of carbonyl (C=O) groups excluding carboxylic acids is 1. The molecule has 2 aliphatic rings. The van der Waals surface area contributed by atoms with Crippen molar-refractivity contribution in [1.29, 1.82) is 10.7 Å². The maximum atomic E-state index is 12.5. The summed E-state index contributed by atoms with van der Waals surface area (Å²) in [5, 5.41) is 24.2. The van der Waals surface area contributed by atoms with Gasteiger partial charge in [-0.3, -0.25) is 15.6 Å². The van der Waals surface area contributed by atoms with Gasteiger partial charge in [-0.05, 0) is 18.2 Å². The summed E-state index contributed by atoms with van der Waals surface area (Å²) < 4.78 is 4.83. The number of nitrogens with one attached hydrogen (secondary N) is 3. The first-order valence-electron chi connectivity index (χ1n) is 6.91. The molecule has 0 fully saturated rings. The first-order chi connectivity index (χ1) is 11.5. The van der Waals surface area contributed by atoms with Crippen LogP contribution in [0.1, 0.15) is 11.1 Å².